The number of aromatic carboxylic acids is 1. The van der Waals surface area contributed by atoms with Gasteiger partial charge in [-0.3, -0.25) is 14.4 Å². The number of carboxylic acid groups (broad SMARTS) is 1. The fraction of sp³-hybridized carbons (Fsp3) is 0.150. The Balaban J connectivity index is 1.61. The van der Waals surface area contributed by atoms with Crippen LogP contribution in [0.15, 0.2) is 53.7 Å². The minimum atomic E-state index is -1.22. The van der Waals surface area contributed by atoms with Crippen LogP contribution in [0.25, 0.3) is 0 Å². The normalized spacial score (nSPS) is 20.2. The van der Waals surface area contributed by atoms with Gasteiger partial charge in [0.2, 0.25) is 17.8 Å². The lowest BCUT2D eigenvalue weighted by Gasteiger charge is -2.15. The van der Waals surface area contributed by atoms with E-state index in [1.54, 1.807) is 12.1 Å². The molecule has 1 saturated heterocycles. The number of carbonyl (C=O) groups is 4. The van der Waals surface area contributed by atoms with E-state index in [0.717, 1.165) is 4.90 Å². The number of anilines is 1. The van der Waals surface area contributed by atoms with Gasteiger partial charge in [0.15, 0.2) is 0 Å². The van der Waals surface area contributed by atoms with E-state index in [-0.39, 0.29) is 22.5 Å². The van der Waals surface area contributed by atoms with E-state index in [1.165, 1.54) is 43.5 Å². The summed E-state index contributed by atoms with van der Waals surface area (Å²) in [6.07, 6.45) is -1.22. The maximum Gasteiger partial charge on any atom is 0.335 e. The van der Waals surface area contributed by atoms with Gasteiger partial charge in [0.05, 0.1) is 18.4 Å². The molecule has 9 nitrogen and oxygen atoms in total. The summed E-state index contributed by atoms with van der Waals surface area (Å²) in [6, 6.07) is 11.5. The van der Waals surface area contributed by atoms with E-state index < -0.39 is 35.6 Å². The van der Waals surface area contributed by atoms with Crippen LogP contribution < -0.4 is 9.64 Å². The standard InChI is InChI=1S/C20H14N2O7/c1-28-13-8-4-10(5-9-13)16(23)15-14-17(29-21-15)19(25)22(18(14)24)12-6-2-11(3-7-12)20(26)27/h2-9,14,17H,1H3,(H,26,27)/t14-,17+/m0/s1. The molecule has 2 amide bonds. The molecule has 1 N–H and O–H groups in total. The highest BCUT2D eigenvalue weighted by Gasteiger charge is 2.57. The van der Waals surface area contributed by atoms with Crippen molar-refractivity contribution in [1.29, 1.82) is 0 Å². The van der Waals surface area contributed by atoms with Gasteiger partial charge < -0.3 is 14.7 Å². The van der Waals surface area contributed by atoms with E-state index >= 15 is 0 Å². The Labute approximate surface area is 164 Å². The van der Waals surface area contributed by atoms with Crippen LogP contribution >= 0.6 is 0 Å². The number of carboxylic acids is 1. The van der Waals surface area contributed by atoms with Crippen LogP contribution in [0.2, 0.25) is 0 Å². The molecule has 146 valence electrons. The molecule has 1 fully saturated rings. The van der Waals surface area contributed by atoms with Gasteiger partial charge in [-0.1, -0.05) is 5.16 Å². The lowest BCUT2D eigenvalue weighted by Crippen LogP contribution is -2.34. The van der Waals surface area contributed by atoms with Crippen LogP contribution in [-0.2, 0) is 14.4 Å². The van der Waals surface area contributed by atoms with Crippen LogP contribution in [0, 0.1) is 5.92 Å². The van der Waals surface area contributed by atoms with E-state index in [9.17, 15) is 19.2 Å². The molecule has 0 bridgehead atoms. The summed E-state index contributed by atoms with van der Waals surface area (Å²) < 4.78 is 5.05. The lowest BCUT2D eigenvalue weighted by atomic mass is 9.93. The molecule has 29 heavy (non-hydrogen) atoms. The van der Waals surface area contributed by atoms with Crippen LogP contribution in [0.3, 0.4) is 0 Å². The predicted octanol–water partition coefficient (Wildman–Crippen LogP) is 1.52. The Morgan fingerprint density at radius 2 is 1.62 bits per heavy atom. The summed E-state index contributed by atoms with van der Waals surface area (Å²) in [6.45, 7) is 0. The second-order valence-electron chi connectivity index (χ2n) is 6.40. The second kappa shape index (κ2) is 6.86. The highest BCUT2D eigenvalue weighted by Crippen LogP contribution is 2.34. The molecule has 2 aromatic carbocycles. The SMILES string of the molecule is COc1ccc(C(=O)C2=NO[C@H]3C(=O)N(c4ccc(C(=O)O)cc4)C(=O)[C@@H]23)cc1. The summed E-state index contributed by atoms with van der Waals surface area (Å²) in [5.41, 5.74) is 0.335. The molecule has 2 heterocycles. The summed E-state index contributed by atoms with van der Waals surface area (Å²) in [7, 11) is 1.50. The van der Waals surface area contributed by atoms with Gasteiger partial charge in [-0.05, 0) is 48.5 Å². The number of rotatable bonds is 5. The second-order valence-corrected chi connectivity index (χ2v) is 6.40. The third-order valence-electron chi connectivity index (χ3n) is 4.77. The zero-order valence-electron chi connectivity index (χ0n) is 15.1. The number of ether oxygens (including phenoxy) is 1. The van der Waals surface area contributed by atoms with Gasteiger partial charge >= 0.3 is 5.97 Å². The number of hydrogen-bond acceptors (Lipinski definition) is 7. The number of ketones is 1. The average molecular weight is 394 g/mol. The first kappa shape index (κ1) is 18.4. The molecule has 0 aromatic heterocycles. The molecule has 0 spiro atoms. The number of amides is 2. The van der Waals surface area contributed by atoms with Crippen molar-refractivity contribution in [2.75, 3.05) is 12.0 Å². The first-order valence-corrected chi connectivity index (χ1v) is 8.56. The molecular formula is C20H14N2O7. The van der Waals surface area contributed by atoms with Crippen molar-refractivity contribution < 1.29 is 33.9 Å². The summed E-state index contributed by atoms with van der Waals surface area (Å²) in [4.78, 5) is 55.4. The van der Waals surface area contributed by atoms with Crippen molar-refractivity contribution in [3.05, 3.63) is 59.7 Å². The maximum atomic E-state index is 12.9. The molecule has 2 aliphatic rings. The summed E-state index contributed by atoms with van der Waals surface area (Å²) in [5, 5.41) is 12.7. The van der Waals surface area contributed by atoms with E-state index in [2.05, 4.69) is 5.16 Å². The molecule has 2 aromatic rings. The Bertz CT molecular complexity index is 1060. The van der Waals surface area contributed by atoms with Crippen LogP contribution in [0.4, 0.5) is 5.69 Å². The molecule has 4 rings (SSSR count). The Kier molecular flexibility index (Phi) is 4.34. The van der Waals surface area contributed by atoms with Gasteiger partial charge in [0.1, 0.15) is 17.4 Å². The van der Waals surface area contributed by atoms with E-state index in [0.29, 0.717) is 5.75 Å². The number of hydrogen-bond donors (Lipinski definition) is 1. The van der Waals surface area contributed by atoms with E-state index in [4.69, 9.17) is 14.7 Å². The Morgan fingerprint density at radius 3 is 2.21 bits per heavy atom. The highest BCUT2D eigenvalue weighted by molar-refractivity contribution is 6.52. The highest BCUT2D eigenvalue weighted by atomic mass is 16.7. The van der Waals surface area contributed by atoms with Crippen molar-refractivity contribution in [1.82, 2.24) is 0 Å². The van der Waals surface area contributed by atoms with Gasteiger partial charge in [-0.2, -0.15) is 0 Å². The summed E-state index contributed by atoms with van der Waals surface area (Å²) >= 11 is 0. The quantitative estimate of drug-likeness (QED) is 0.602. The van der Waals surface area contributed by atoms with E-state index in [1.807, 2.05) is 0 Å². The topological polar surface area (TPSA) is 123 Å². The third-order valence-corrected chi connectivity index (χ3v) is 4.77. The molecule has 0 aliphatic carbocycles. The largest absolute Gasteiger partial charge is 0.497 e. The smallest absolute Gasteiger partial charge is 0.335 e. The van der Waals surface area contributed by atoms with Crippen molar-refractivity contribution in [3.8, 4) is 5.75 Å². The monoisotopic (exact) mass is 394 g/mol. The number of imide groups is 1. The molecule has 9 heteroatoms. The molecule has 2 atom stereocenters. The Morgan fingerprint density at radius 1 is 1.00 bits per heavy atom. The van der Waals surface area contributed by atoms with Crippen LogP contribution in [0.5, 0.6) is 5.75 Å². The number of nitrogens with zero attached hydrogens (tertiary/aromatic N) is 2. The fourth-order valence-corrected chi connectivity index (χ4v) is 3.26. The zero-order valence-corrected chi connectivity index (χ0v) is 15.1. The van der Waals surface area contributed by atoms with Crippen molar-refractivity contribution >= 4 is 35.0 Å². The van der Waals surface area contributed by atoms with Crippen molar-refractivity contribution in [2.45, 2.75) is 6.10 Å². The average Bonchev–Trinajstić information content (AvgIpc) is 3.28. The minimum Gasteiger partial charge on any atom is -0.497 e. The summed E-state index contributed by atoms with van der Waals surface area (Å²) in [5.74, 6) is -3.56. The number of fused-ring (bicyclic) bond motifs is 1. The predicted molar refractivity (Wildman–Crippen MR) is 99.0 cm³/mol. The maximum absolute atomic E-state index is 12.9. The van der Waals surface area contributed by atoms with Gasteiger partial charge in [0.25, 0.3) is 5.91 Å². The lowest BCUT2D eigenvalue weighted by molar-refractivity contribution is -0.126. The number of benzene rings is 2. The van der Waals surface area contributed by atoms with Gasteiger partial charge in [-0.25, -0.2) is 9.69 Å². The minimum absolute atomic E-state index is 0.0150. The molecule has 0 radical (unpaired) electrons. The molecule has 0 saturated carbocycles. The number of methoxy groups -OCH3 is 1. The third kappa shape index (κ3) is 2.92. The number of oxime groups is 1. The van der Waals surface area contributed by atoms with Gasteiger partial charge in [-0.15, -0.1) is 0 Å². The fourth-order valence-electron chi connectivity index (χ4n) is 3.26. The first-order valence-electron chi connectivity index (χ1n) is 8.56. The first-order chi connectivity index (χ1) is 13.9. The Hall–Kier alpha value is -4.01. The number of carbonyl (C=O) groups excluding carboxylic acids is 3. The van der Waals surface area contributed by atoms with Crippen molar-refractivity contribution in [3.63, 3.8) is 0 Å². The molecule has 2 aliphatic heterocycles. The molecular weight excluding hydrogens is 380 g/mol. The van der Waals surface area contributed by atoms with Crippen molar-refractivity contribution in [2.24, 2.45) is 11.1 Å². The van der Waals surface area contributed by atoms with Crippen LogP contribution in [0.1, 0.15) is 20.7 Å². The van der Waals surface area contributed by atoms with Crippen LogP contribution in [-0.4, -0.2) is 47.6 Å². The number of Topliss-reactive ketones (excluding diaryl/α,β-unsaturated/α-hetero) is 1. The van der Waals surface area contributed by atoms with Gasteiger partial charge in [0, 0.05) is 5.56 Å². The molecule has 0 unspecified atom stereocenters. The zero-order chi connectivity index (χ0) is 20.7.